The smallest absolute Gasteiger partial charge is 0.274 e. The normalized spacial score (nSPS) is 11.5. The van der Waals surface area contributed by atoms with Crippen molar-refractivity contribution in [2.24, 2.45) is 7.05 Å². The highest BCUT2D eigenvalue weighted by molar-refractivity contribution is 7.89. The lowest BCUT2D eigenvalue weighted by atomic mass is 10.1. The molecule has 0 saturated heterocycles. The quantitative estimate of drug-likeness (QED) is 0.456. The van der Waals surface area contributed by atoms with Gasteiger partial charge >= 0.3 is 0 Å². The fourth-order valence-corrected chi connectivity index (χ4v) is 3.98. The molecule has 0 aliphatic rings. The molecule has 9 nitrogen and oxygen atoms in total. The number of aryl methyl sites for hydroxylation is 1. The number of carbonyl (C=O) groups is 1. The minimum Gasteiger partial charge on any atom is -0.288 e. The van der Waals surface area contributed by atoms with Crippen LogP contribution in [0.15, 0.2) is 66.1 Å². The number of hydrogen-bond acceptors (Lipinski definition) is 6. The van der Waals surface area contributed by atoms with Gasteiger partial charge in [0.25, 0.3) is 15.9 Å². The van der Waals surface area contributed by atoms with Crippen molar-refractivity contribution >= 4 is 15.9 Å². The first kappa shape index (κ1) is 19.7. The van der Waals surface area contributed by atoms with E-state index in [2.05, 4.69) is 10.1 Å². The molecule has 3 rings (SSSR count). The fourth-order valence-electron chi connectivity index (χ4n) is 2.61. The molecule has 0 aliphatic carbocycles. The first-order chi connectivity index (χ1) is 13.4. The number of hydrogen-bond donors (Lipinski definition) is 2. The summed E-state index contributed by atoms with van der Waals surface area (Å²) in [5.41, 5.74) is 3.23. The standard InChI is InChI=1S/C18H19N5O4S/c1-22-10-8-17(20-22)28(26,27)23(13-15-3-2-9-19-11-15)12-14-4-6-16(7-5-14)18(24)21-25/h2-11,25H,12-13H2,1H3,(H,21,24). The van der Waals surface area contributed by atoms with Crippen molar-refractivity contribution in [1.82, 2.24) is 24.5 Å². The Hall–Kier alpha value is -3.08. The topological polar surface area (TPSA) is 117 Å². The van der Waals surface area contributed by atoms with Gasteiger partial charge in [0.1, 0.15) is 0 Å². The number of amides is 1. The third kappa shape index (κ3) is 4.42. The van der Waals surface area contributed by atoms with Crippen molar-refractivity contribution in [3.63, 3.8) is 0 Å². The lowest BCUT2D eigenvalue weighted by molar-refractivity contribution is 0.0706. The summed E-state index contributed by atoms with van der Waals surface area (Å²) in [6.45, 7) is 0.195. The molecule has 1 aromatic carbocycles. The van der Waals surface area contributed by atoms with Gasteiger partial charge in [0.15, 0.2) is 5.03 Å². The van der Waals surface area contributed by atoms with Gasteiger partial charge in [-0.1, -0.05) is 18.2 Å². The molecule has 0 saturated carbocycles. The summed E-state index contributed by atoms with van der Waals surface area (Å²) in [5, 5.41) is 12.7. The van der Waals surface area contributed by atoms with Crippen LogP contribution < -0.4 is 5.48 Å². The molecule has 0 radical (unpaired) electrons. The second-order valence-electron chi connectivity index (χ2n) is 6.10. The van der Waals surface area contributed by atoms with Gasteiger partial charge in [0.2, 0.25) is 0 Å². The summed E-state index contributed by atoms with van der Waals surface area (Å²) in [7, 11) is -2.21. The van der Waals surface area contributed by atoms with Crippen LogP contribution in [-0.4, -0.2) is 38.6 Å². The number of aromatic nitrogens is 3. The van der Waals surface area contributed by atoms with Crippen molar-refractivity contribution < 1.29 is 18.4 Å². The summed E-state index contributed by atoms with van der Waals surface area (Å²) >= 11 is 0. The first-order valence-corrected chi connectivity index (χ1v) is 9.76. The summed E-state index contributed by atoms with van der Waals surface area (Å²) in [6, 6.07) is 11.3. The van der Waals surface area contributed by atoms with Crippen LogP contribution in [0.25, 0.3) is 0 Å². The molecular weight excluding hydrogens is 382 g/mol. The van der Waals surface area contributed by atoms with Crippen LogP contribution in [0.1, 0.15) is 21.5 Å². The van der Waals surface area contributed by atoms with Crippen LogP contribution in [0.2, 0.25) is 0 Å². The molecule has 0 atom stereocenters. The van der Waals surface area contributed by atoms with Crippen LogP contribution in [0.4, 0.5) is 0 Å². The molecular formula is C18H19N5O4S. The summed E-state index contributed by atoms with van der Waals surface area (Å²) in [5.74, 6) is -0.639. The van der Waals surface area contributed by atoms with Gasteiger partial charge in [-0.15, -0.1) is 0 Å². The maximum absolute atomic E-state index is 13.1. The van der Waals surface area contributed by atoms with E-state index in [1.807, 2.05) is 0 Å². The van der Waals surface area contributed by atoms with Crippen molar-refractivity contribution in [3.8, 4) is 0 Å². The number of rotatable bonds is 7. The highest BCUT2D eigenvalue weighted by Crippen LogP contribution is 2.20. The van der Waals surface area contributed by atoms with E-state index in [1.54, 1.807) is 55.4 Å². The van der Waals surface area contributed by atoms with E-state index in [4.69, 9.17) is 5.21 Å². The second kappa shape index (κ2) is 8.30. The molecule has 0 unspecified atom stereocenters. The van der Waals surface area contributed by atoms with Crippen LogP contribution in [0.3, 0.4) is 0 Å². The number of pyridine rings is 1. The molecule has 3 aromatic rings. The number of sulfonamides is 1. The van der Waals surface area contributed by atoms with Crippen molar-refractivity contribution in [2.45, 2.75) is 18.1 Å². The Kier molecular flexibility index (Phi) is 5.83. The highest BCUT2D eigenvalue weighted by atomic mass is 32.2. The Morgan fingerprint density at radius 2 is 1.86 bits per heavy atom. The lowest BCUT2D eigenvalue weighted by Gasteiger charge is -2.21. The van der Waals surface area contributed by atoms with Crippen molar-refractivity contribution in [3.05, 3.63) is 77.7 Å². The zero-order valence-electron chi connectivity index (χ0n) is 15.1. The number of carbonyl (C=O) groups excluding carboxylic acids is 1. The molecule has 10 heteroatoms. The largest absolute Gasteiger partial charge is 0.288 e. The van der Waals surface area contributed by atoms with Gasteiger partial charge in [-0.25, -0.2) is 13.9 Å². The summed E-state index contributed by atoms with van der Waals surface area (Å²) in [4.78, 5) is 15.5. The highest BCUT2D eigenvalue weighted by Gasteiger charge is 2.27. The van der Waals surface area contributed by atoms with Gasteiger partial charge in [-0.05, 0) is 35.4 Å². The van der Waals surface area contributed by atoms with Crippen LogP contribution in [0, 0.1) is 0 Å². The second-order valence-corrected chi connectivity index (χ2v) is 7.98. The zero-order valence-corrected chi connectivity index (χ0v) is 15.9. The fraction of sp³-hybridized carbons (Fsp3) is 0.167. The number of benzene rings is 1. The van der Waals surface area contributed by atoms with Crippen LogP contribution in [0.5, 0.6) is 0 Å². The minimum atomic E-state index is -3.85. The molecule has 2 aromatic heterocycles. The maximum atomic E-state index is 13.1. The van der Waals surface area contributed by atoms with E-state index < -0.39 is 15.9 Å². The predicted octanol–water partition coefficient (Wildman–Crippen LogP) is 1.33. The first-order valence-electron chi connectivity index (χ1n) is 8.32. The molecule has 0 aliphatic heterocycles. The molecule has 2 heterocycles. The molecule has 146 valence electrons. The van der Waals surface area contributed by atoms with Gasteiger partial charge in [-0.3, -0.25) is 19.7 Å². The Labute approximate surface area is 162 Å². The average Bonchev–Trinajstić information content (AvgIpc) is 3.15. The zero-order chi connectivity index (χ0) is 20.1. The Bertz CT molecular complexity index is 1050. The van der Waals surface area contributed by atoms with Gasteiger partial charge < -0.3 is 0 Å². The summed E-state index contributed by atoms with van der Waals surface area (Å²) < 4.78 is 28.9. The Balaban J connectivity index is 1.91. The van der Waals surface area contributed by atoms with E-state index in [1.165, 1.54) is 27.2 Å². The minimum absolute atomic E-state index is 0.0461. The van der Waals surface area contributed by atoms with E-state index in [9.17, 15) is 13.2 Å². The van der Waals surface area contributed by atoms with Crippen LogP contribution >= 0.6 is 0 Å². The molecule has 2 N–H and O–H groups in total. The van der Waals surface area contributed by atoms with Crippen molar-refractivity contribution in [2.75, 3.05) is 0 Å². The molecule has 0 fully saturated rings. The average molecular weight is 401 g/mol. The monoisotopic (exact) mass is 401 g/mol. The third-order valence-electron chi connectivity index (χ3n) is 4.05. The molecule has 1 amide bonds. The van der Waals surface area contributed by atoms with E-state index in [-0.39, 0.29) is 23.7 Å². The molecule has 28 heavy (non-hydrogen) atoms. The Morgan fingerprint density at radius 1 is 1.14 bits per heavy atom. The Morgan fingerprint density at radius 3 is 2.43 bits per heavy atom. The third-order valence-corrected chi connectivity index (χ3v) is 5.74. The van der Waals surface area contributed by atoms with Crippen molar-refractivity contribution in [1.29, 1.82) is 0 Å². The van der Waals surface area contributed by atoms with E-state index in [0.717, 1.165) is 5.56 Å². The molecule has 0 bridgehead atoms. The SMILES string of the molecule is Cn1ccc(S(=O)(=O)N(Cc2ccc(C(=O)NO)cc2)Cc2cccnc2)n1. The van der Waals surface area contributed by atoms with E-state index in [0.29, 0.717) is 5.56 Å². The number of nitrogens with one attached hydrogen (secondary N) is 1. The maximum Gasteiger partial charge on any atom is 0.274 e. The van der Waals surface area contributed by atoms with Gasteiger partial charge in [-0.2, -0.15) is 9.40 Å². The summed E-state index contributed by atoms with van der Waals surface area (Å²) in [6.07, 6.45) is 4.79. The van der Waals surface area contributed by atoms with Gasteiger partial charge in [0.05, 0.1) is 0 Å². The lowest BCUT2D eigenvalue weighted by Crippen LogP contribution is -2.30. The van der Waals surface area contributed by atoms with E-state index >= 15 is 0 Å². The van der Waals surface area contributed by atoms with Crippen LogP contribution in [-0.2, 0) is 30.2 Å². The molecule has 0 spiro atoms. The number of hydroxylamine groups is 1. The number of nitrogens with zero attached hydrogens (tertiary/aromatic N) is 4. The van der Waals surface area contributed by atoms with Gasteiger partial charge in [0, 0.05) is 44.3 Å². The predicted molar refractivity (Wildman–Crippen MR) is 99.6 cm³/mol.